The summed E-state index contributed by atoms with van der Waals surface area (Å²) >= 11 is 0. The van der Waals surface area contributed by atoms with E-state index in [1.807, 2.05) is 0 Å². The quantitative estimate of drug-likeness (QED) is 0.725. The highest BCUT2D eigenvalue weighted by molar-refractivity contribution is 5.80. The van der Waals surface area contributed by atoms with Gasteiger partial charge in [-0.2, -0.15) is 4.98 Å². The van der Waals surface area contributed by atoms with E-state index in [0.29, 0.717) is 17.7 Å². The first kappa shape index (κ1) is 14.6. The Labute approximate surface area is 118 Å². The zero-order valence-corrected chi connectivity index (χ0v) is 12.1. The fraction of sp³-hybridized carbons (Fsp3) is 0.643. The number of nitrogens with two attached hydrogens (primary N) is 1. The number of unbranched alkanes of at least 4 members (excludes halogenated alkanes) is 6. The molecule has 0 aromatic carbocycles. The first-order chi connectivity index (χ1) is 9.74. The number of fused-ring (bicyclic) bond motifs is 1. The molecule has 2 aromatic rings. The van der Waals surface area contributed by atoms with Gasteiger partial charge in [-0.15, -0.1) is 0 Å². The van der Waals surface area contributed by atoms with Crippen LogP contribution >= 0.6 is 0 Å². The van der Waals surface area contributed by atoms with Gasteiger partial charge in [-0.25, -0.2) is 9.78 Å². The molecule has 0 aliphatic carbocycles. The van der Waals surface area contributed by atoms with Gasteiger partial charge in [-0.3, -0.25) is 4.57 Å². The van der Waals surface area contributed by atoms with Crippen LogP contribution in [0.2, 0.25) is 0 Å². The Kier molecular flexibility index (Phi) is 5.15. The van der Waals surface area contributed by atoms with Crippen LogP contribution < -0.4 is 11.4 Å². The van der Waals surface area contributed by atoms with Gasteiger partial charge in [-0.1, -0.05) is 45.4 Å². The van der Waals surface area contributed by atoms with Gasteiger partial charge in [0.25, 0.3) is 0 Å². The molecule has 0 bridgehead atoms. The van der Waals surface area contributed by atoms with Crippen molar-refractivity contribution in [3.63, 3.8) is 0 Å². The van der Waals surface area contributed by atoms with Crippen molar-refractivity contribution in [2.75, 3.05) is 5.73 Å². The molecule has 0 saturated carbocycles. The number of rotatable bonds is 8. The third-order valence-corrected chi connectivity index (χ3v) is 3.56. The summed E-state index contributed by atoms with van der Waals surface area (Å²) in [6.07, 6.45) is 10.0. The van der Waals surface area contributed by atoms with Crippen LogP contribution in [0.1, 0.15) is 51.9 Å². The predicted octanol–water partition coefficient (Wildman–Crippen LogP) is 2.45. The van der Waals surface area contributed by atoms with E-state index in [0.717, 1.165) is 12.8 Å². The monoisotopic (exact) mass is 277 g/mol. The van der Waals surface area contributed by atoms with Crippen LogP contribution in [0.3, 0.4) is 0 Å². The maximum atomic E-state index is 11.9. The number of aryl methyl sites for hydroxylation is 1. The zero-order valence-electron chi connectivity index (χ0n) is 12.1. The van der Waals surface area contributed by atoms with Crippen LogP contribution in [-0.2, 0) is 6.54 Å². The van der Waals surface area contributed by atoms with E-state index in [9.17, 15) is 4.79 Å². The largest absolute Gasteiger partial charge is 0.382 e. The number of anilines is 1. The van der Waals surface area contributed by atoms with E-state index in [1.165, 1.54) is 32.1 Å². The van der Waals surface area contributed by atoms with E-state index in [4.69, 9.17) is 5.73 Å². The first-order valence-corrected chi connectivity index (χ1v) is 7.43. The molecule has 6 nitrogen and oxygen atoms in total. The summed E-state index contributed by atoms with van der Waals surface area (Å²) < 4.78 is 1.61. The minimum absolute atomic E-state index is 0.221. The van der Waals surface area contributed by atoms with E-state index >= 15 is 0 Å². The smallest absolute Gasteiger partial charge is 0.351 e. The van der Waals surface area contributed by atoms with Gasteiger partial charge in [0.05, 0.1) is 6.33 Å². The Morgan fingerprint density at radius 1 is 1.20 bits per heavy atom. The lowest BCUT2D eigenvalue weighted by molar-refractivity contribution is 0.545. The molecule has 0 saturated heterocycles. The van der Waals surface area contributed by atoms with Gasteiger partial charge >= 0.3 is 5.69 Å². The number of hydrogen-bond acceptors (Lipinski definition) is 4. The first-order valence-electron chi connectivity index (χ1n) is 7.43. The van der Waals surface area contributed by atoms with E-state index in [1.54, 1.807) is 10.9 Å². The van der Waals surface area contributed by atoms with Gasteiger partial charge in [0.15, 0.2) is 11.5 Å². The van der Waals surface area contributed by atoms with Crippen LogP contribution in [0.4, 0.5) is 5.82 Å². The molecular weight excluding hydrogens is 254 g/mol. The van der Waals surface area contributed by atoms with Crippen LogP contribution in [-0.4, -0.2) is 19.5 Å². The number of H-pyrrole nitrogens is 1. The normalized spacial score (nSPS) is 11.2. The van der Waals surface area contributed by atoms with Gasteiger partial charge in [0.2, 0.25) is 0 Å². The average Bonchev–Trinajstić information content (AvgIpc) is 2.90. The molecule has 20 heavy (non-hydrogen) atoms. The summed E-state index contributed by atoms with van der Waals surface area (Å²) in [5.41, 5.74) is 6.64. The van der Waals surface area contributed by atoms with Crippen molar-refractivity contribution >= 4 is 17.0 Å². The highest BCUT2D eigenvalue weighted by Crippen LogP contribution is 2.13. The minimum Gasteiger partial charge on any atom is -0.382 e. The molecular formula is C14H23N5O. The second-order valence-electron chi connectivity index (χ2n) is 5.15. The van der Waals surface area contributed by atoms with Crippen molar-refractivity contribution in [2.24, 2.45) is 0 Å². The van der Waals surface area contributed by atoms with Gasteiger partial charge in [-0.05, 0) is 6.42 Å². The fourth-order valence-electron chi connectivity index (χ4n) is 2.42. The number of hydrogen-bond donors (Lipinski definition) is 2. The standard InChI is InChI=1S/C14H23N5O/c1-2-3-4-5-6-7-8-9-19-13-11(16-10-17-13)12(15)18-14(19)20/h10H,2-9H2,1H3,(H,16,17)(H2,15,18,20). The lowest BCUT2D eigenvalue weighted by Gasteiger charge is -2.06. The lowest BCUT2D eigenvalue weighted by atomic mass is 10.1. The maximum absolute atomic E-state index is 11.9. The third kappa shape index (κ3) is 3.37. The maximum Gasteiger partial charge on any atom is 0.351 e. The second-order valence-corrected chi connectivity index (χ2v) is 5.15. The van der Waals surface area contributed by atoms with E-state index in [-0.39, 0.29) is 11.5 Å². The van der Waals surface area contributed by atoms with E-state index in [2.05, 4.69) is 21.9 Å². The topological polar surface area (TPSA) is 89.6 Å². The minimum atomic E-state index is -0.312. The lowest BCUT2D eigenvalue weighted by Crippen LogP contribution is -2.24. The van der Waals surface area contributed by atoms with Crippen molar-refractivity contribution < 1.29 is 0 Å². The molecule has 0 aliphatic rings. The number of aromatic amines is 1. The highest BCUT2D eigenvalue weighted by atomic mass is 16.1. The van der Waals surface area contributed by atoms with Gasteiger partial charge in [0.1, 0.15) is 5.52 Å². The van der Waals surface area contributed by atoms with E-state index < -0.39 is 0 Å². The number of imidazole rings is 1. The summed E-state index contributed by atoms with van der Waals surface area (Å²) in [6.45, 7) is 2.87. The van der Waals surface area contributed by atoms with Crippen LogP contribution in [0, 0.1) is 0 Å². The molecule has 0 atom stereocenters. The molecule has 0 spiro atoms. The SMILES string of the molecule is CCCCCCCCCn1c(=O)nc(N)c2[nH]cnc21. The van der Waals surface area contributed by atoms with Crippen molar-refractivity contribution in [1.82, 2.24) is 19.5 Å². The molecule has 2 aromatic heterocycles. The number of nitrogen functional groups attached to an aromatic ring is 1. The predicted molar refractivity (Wildman–Crippen MR) is 80.6 cm³/mol. The average molecular weight is 277 g/mol. The number of nitrogens with zero attached hydrogens (tertiary/aromatic N) is 3. The summed E-state index contributed by atoms with van der Waals surface area (Å²) in [5.74, 6) is 0.221. The Hall–Kier alpha value is -1.85. The molecule has 2 heterocycles. The molecule has 6 heteroatoms. The molecule has 0 unspecified atom stereocenters. The molecule has 0 amide bonds. The Bertz CT molecular complexity index is 601. The van der Waals surface area contributed by atoms with Crippen LogP contribution in [0.25, 0.3) is 11.2 Å². The van der Waals surface area contributed by atoms with Crippen molar-refractivity contribution in [3.8, 4) is 0 Å². The highest BCUT2D eigenvalue weighted by Gasteiger charge is 2.09. The van der Waals surface area contributed by atoms with Gasteiger partial charge < -0.3 is 10.7 Å². The Morgan fingerprint density at radius 3 is 2.65 bits per heavy atom. The third-order valence-electron chi connectivity index (χ3n) is 3.56. The van der Waals surface area contributed by atoms with Crippen molar-refractivity contribution in [2.45, 2.75) is 58.4 Å². The molecule has 3 N–H and O–H groups in total. The number of aromatic nitrogens is 4. The zero-order chi connectivity index (χ0) is 14.4. The fourth-order valence-corrected chi connectivity index (χ4v) is 2.42. The van der Waals surface area contributed by atoms with Gasteiger partial charge in [0, 0.05) is 6.54 Å². The molecule has 0 radical (unpaired) electrons. The second kappa shape index (κ2) is 7.07. The molecule has 0 aliphatic heterocycles. The summed E-state index contributed by atoms with van der Waals surface area (Å²) in [5, 5.41) is 0. The molecule has 0 fully saturated rings. The summed E-state index contributed by atoms with van der Waals surface area (Å²) in [7, 11) is 0. The summed E-state index contributed by atoms with van der Waals surface area (Å²) in [4.78, 5) is 22.8. The van der Waals surface area contributed by atoms with Crippen LogP contribution in [0.5, 0.6) is 0 Å². The van der Waals surface area contributed by atoms with Crippen LogP contribution in [0.15, 0.2) is 11.1 Å². The number of nitrogens with one attached hydrogen (secondary N) is 1. The summed E-state index contributed by atoms with van der Waals surface area (Å²) in [6, 6.07) is 0. The Balaban J connectivity index is 1.90. The van der Waals surface area contributed by atoms with Crippen molar-refractivity contribution in [3.05, 3.63) is 16.8 Å². The van der Waals surface area contributed by atoms with Crippen molar-refractivity contribution in [1.29, 1.82) is 0 Å². The Morgan fingerprint density at radius 2 is 1.90 bits per heavy atom. The molecule has 110 valence electrons. The molecule has 2 rings (SSSR count).